The van der Waals surface area contributed by atoms with E-state index in [-0.39, 0.29) is 0 Å². The van der Waals surface area contributed by atoms with Gasteiger partial charge in [0.1, 0.15) is 12.1 Å². The van der Waals surface area contributed by atoms with Crippen molar-refractivity contribution < 1.29 is 8.42 Å². The van der Waals surface area contributed by atoms with E-state index in [4.69, 9.17) is 0 Å². The third-order valence-corrected chi connectivity index (χ3v) is 5.85. The summed E-state index contributed by atoms with van der Waals surface area (Å²) in [5, 5.41) is 11.6. The van der Waals surface area contributed by atoms with E-state index in [1.165, 1.54) is 12.6 Å². The summed E-state index contributed by atoms with van der Waals surface area (Å²) < 4.78 is 25.6. The van der Waals surface area contributed by atoms with E-state index in [2.05, 4.69) is 25.7 Å². The molecule has 0 fully saturated rings. The molecule has 0 saturated carbocycles. The molecular formula is C21H22N6O2S. The second-order valence-corrected chi connectivity index (χ2v) is 8.96. The van der Waals surface area contributed by atoms with E-state index in [1.807, 2.05) is 43.7 Å². The molecule has 2 aromatic heterocycles. The number of anilines is 2. The normalized spacial score (nSPS) is 11.5. The summed E-state index contributed by atoms with van der Waals surface area (Å²) in [6, 6.07) is 12.9. The van der Waals surface area contributed by atoms with Crippen LogP contribution >= 0.6 is 0 Å². The van der Waals surface area contributed by atoms with Crippen LogP contribution in [0.1, 0.15) is 0 Å². The van der Waals surface area contributed by atoms with Crippen molar-refractivity contribution in [3.8, 4) is 11.1 Å². The van der Waals surface area contributed by atoms with E-state index >= 15 is 0 Å². The minimum Gasteiger partial charge on any atom is -0.382 e. The number of sulfone groups is 1. The standard InChI is InChI=1S/C21H22N6O2S/c1-27-13-16(12-26-27)15-7-8-18-17(11-15)21(25-14-24-18)23-10-9-22-19-5-3-4-6-20(19)30(2,28)29/h3-8,11-14,22H,9-10H2,1-2H3,(H,23,24,25). The molecule has 0 aliphatic rings. The average molecular weight is 423 g/mol. The van der Waals surface area contributed by atoms with Crippen LogP contribution in [0, 0.1) is 0 Å². The number of para-hydroxylation sites is 1. The number of hydrogen-bond donors (Lipinski definition) is 2. The molecule has 4 aromatic rings. The molecular weight excluding hydrogens is 400 g/mol. The van der Waals surface area contributed by atoms with Crippen LogP contribution in [0.4, 0.5) is 11.5 Å². The van der Waals surface area contributed by atoms with E-state index < -0.39 is 9.84 Å². The van der Waals surface area contributed by atoms with E-state index in [0.717, 1.165) is 27.8 Å². The highest BCUT2D eigenvalue weighted by molar-refractivity contribution is 7.90. The summed E-state index contributed by atoms with van der Waals surface area (Å²) in [5.41, 5.74) is 3.49. The Hall–Kier alpha value is -3.46. The first-order valence-electron chi connectivity index (χ1n) is 9.42. The molecule has 8 nitrogen and oxygen atoms in total. The minimum atomic E-state index is -3.29. The van der Waals surface area contributed by atoms with Crippen molar-refractivity contribution in [3.63, 3.8) is 0 Å². The molecule has 0 atom stereocenters. The predicted octanol–water partition coefficient (Wildman–Crippen LogP) is 2.96. The Balaban J connectivity index is 1.50. The van der Waals surface area contributed by atoms with Crippen molar-refractivity contribution in [1.82, 2.24) is 19.7 Å². The Bertz CT molecular complexity index is 1300. The predicted molar refractivity (Wildman–Crippen MR) is 118 cm³/mol. The van der Waals surface area contributed by atoms with Gasteiger partial charge >= 0.3 is 0 Å². The number of aryl methyl sites for hydroxylation is 1. The molecule has 2 aromatic carbocycles. The highest BCUT2D eigenvalue weighted by Gasteiger charge is 2.12. The van der Waals surface area contributed by atoms with Gasteiger partial charge in [0.05, 0.1) is 22.3 Å². The maximum Gasteiger partial charge on any atom is 0.177 e. The number of nitrogens with zero attached hydrogens (tertiary/aromatic N) is 4. The van der Waals surface area contributed by atoms with Gasteiger partial charge in [-0.15, -0.1) is 0 Å². The highest BCUT2D eigenvalue weighted by Crippen LogP contribution is 2.26. The molecule has 0 bridgehead atoms. The first kappa shape index (κ1) is 19.8. The summed E-state index contributed by atoms with van der Waals surface area (Å²) in [5.74, 6) is 0.726. The van der Waals surface area contributed by atoms with Gasteiger partial charge < -0.3 is 10.6 Å². The maximum atomic E-state index is 11.9. The largest absolute Gasteiger partial charge is 0.382 e. The number of fused-ring (bicyclic) bond motifs is 1. The number of aromatic nitrogens is 4. The molecule has 0 saturated heterocycles. The van der Waals surface area contributed by atoms with Gasteiger partial charge in [-0.05, 0) is 29.8 Å². The number of rotatable bonds is 7. The van der Waals surface area contributed by atoms with Crippen molar-refractivity contribution in [2.45, 2.75) is 4.90 Å². The molecule has 30 heavy (non-hydrogen) atoms. The monoisotopic (exact) mass is 422 g/mol. The van der Waals surface area contributed by atoms with Crippen LogP contribution in [0.5, 0.6) is 0 Å². The molecule has 4 rings (SSSR count). The molecule has 0 aliphatic carbocycles. The molecule has 0 aliphatic heterocycles. The Morgan fingerprint density at radius 3 is 2.57 bits per heavy atom. The lowest BCUT2D eigenvalue weighted by Crippen LogP contribution is -2.16. The summed E-state index contributed by atoms with van der Waals surface area (Å²) in [6.07, 6.45) is 6.52. The molecule has 0 radical (unpaired) electrons. The zero-order valence-electron chi connectivity index (χ0n) is 16.7. The Labute approximate surface area is 174 Å². The van der Waals surface area contributed by atoms with Crippen molar-refractivity contribution in [2.24, 2.45) is 7.05 Å². The molecule has 0 amide bonds. The summed E-state index contributed by atoms with van der Waals surface area (Å²) in [4.78, 5) is 9.01. The van der Waals surface area contributed by atoms with Gasteiger partial charge in [0, 0.05) is 43.5 Å². The Morgan fingerprint density at radius 2 is 1.80 bits per heavy atom. The molecule has 154 valence electrons. The first-order valence-corrected chi connectivity index (χ1v) is 11.3. The second-order valence-electron chi connectivity index (χ2n) is 6.98. The summed E-state index contributed by atoms with van der Waals surface area (Å²) in [6.45, 7) is 1.08. The number of nitrogens with one attached hydrogen (secondary N) is 2. The molecule has 0 spiro atoms. The van der Waals surface area contributed by atoms with Crippen LogP contribution < -0.4 is 10.6 Å². The molecule has 2 N–H and O–H groups in total. The fourth-order valence-electron chi connectivity index (χ4n) is 3.26. The third-order valence-electron chi connectivity index (χ3n) is 4.69. The van der Waals surface area contributed by atoms with Crippen LogP contribution in [-0.2, 0) is 16.9 Å². The number of benzene rings is 2. The lowest BCUT2D eigenvalue weighted by Gasteiger charge is -2.12. The van der Waals surface area contributed by atoms with Crippen LogP contribution in [0.2, 0.25) is 0 Å². The van der Waals surface area contributed by atoms with Crippen molar-refractivity contribution in [2.75, 3.05) is 30.0 Å². The zero-order valence-corrected chi connectivity index (χ0v) is 17.5. The van der Waals surface area contributed by atoms with E-state index in [0.29, 0.717) is 23.7 Å². The smallest absolute Gasteiger partial charge is 0.177 e. The molecule has 9 heteroatoms. The topological polar surface area (TPSA) is 102 Å². The second kappa shape index (κ2) is 8.11. The quantitative estimate of drug-likeness (QED) is 0.442. The SMILES string of the molecule is Cn1cc(-c2ccc3ncnc(NCCNc4ccccc4S(C)(=O)=O)c3c2)cn1. The van der Waals surface area contributed by atoms with Gasteiger partial charge in [0.15, 0.2) is 9.84 Å². The average Bonchev–Trinajstić information content (AvgIpc) is 3.17. The minimum absolute atomic E-state index is 0.290. The van der Waals surface area contributed by atoms with Gasteiger partial charge in [0.25, 0.3) is 0 Å². The van der Waals surface area contributed by atoms with Gasteiger partial charge in [-0.3, -0.25) is 4.68 Å². The Kier molecular flexibility index (Phi) is 5.37. The van der Waals surface area contributed by atoms with Gasteiger partial charge in [-0.2, -0.15) is 5.10 Å². The summed E-state index contributed by atoms with van der Waals surface area (Å²) >= 11 is 0. The lowest BCUT2D eigenvalue weighted by atomic mass is 10.1. The van der Waals surface area contributed by atoms with Crippen LogP contribution in [-0.4, -0.2) is 47.5 Å². The van der Waals surface area contributed by atoms with Crippen LogP contribution in [0.3, 0.4) is 0 Å². The van der Waals surface area contributed by atoms with E-state index in [9.17, 15) is 8.42 Å². The van der Waals surface area contributed by atoms with Gasteiger partial charge in [0.2, 0.25) is 0 Å². The Morgan fingerprint density at radius 1 is 1.00 bits per heavy atom. The summed E-state index contributed by atoms with van der Waals surface area (Å²) in [7, 11) is -1.41. The molecule has 0 unspecified atom stereocenters. The first-order chi connectivity index (χ1) is 14.4. The number of hydrogen-bond acceptors (Lipinski definition) is 7. The van der Waals surface area contributed by atoms with Crippen molar-refractivity contribution in [1.29, 1.82) is 0 Å². The fraction of sp³-hybridized carbons (Fsp3) is 0.190. The third kappa shape index (κ3) is 4.25. The maximum absolute atomic E-state index is 11.9. The van der Waals surface area contributed by atoms with Gasteiger partial charge in [-0.1, -0.05) is 18.2 Å². The highest BCUT2D eigenvalue weighted by atomic mass is 32.2. The van der Waals surface area contributed by atoms with Gasteiger partial charge in [-0.25, -0.2) is 18.4 Å². The van der Waals surface area contributed by atoms with Crippen LogP contribution in [0.15, 0.2) is 66.1 Å². The molecule has 2 heterocycles. The van der Waals surface area contributed by atoms with E-state index in [1.54, 1.807) is 22.9 Å². The fourth-order valence-corrected chi connectivity index (χ4v) is 4.13. The van der Waals surface area contributed by atoms with Crippen molar-refractivity contribution in [3.05, 3.63) is 61.2 Å². The zero-order chi connectivity index (χ0) is 21.1. The lowest BCUT2D eigenvalue weighted by molar-refractivity contribution is 0.602. The van der Waals surface area contributed by atoms with Crippen molar-refractivity contribution >= 4 is 32.2 Å². The van der Waals surface area contributed by atoms with Crippen LogP contribution in [0.25, 0.3) is 22.0 Å².